The van der Waals surface area contributed by atoms with Gasteiger partial charge in [-0.25, -0.2) is 0 Å². The van der Waals surface area contributed by atoms with E-state index in [0.29, 0.717) is 0 Å². The van der Waals surface area contributed by atoms with Crippen LogP contribution in [0.3, 0.4) is 0 Å². The van der Waals surface area contributed by atoms with Gasteiger partial charge in [-0.05, 0) is 39.2 Å². The number of aromatic nitrogens is 2. The maximum atomic E-state index is 4.42. The molecule has 0 aliphatic rings. The molecule has 0 atom stereocenters. The molecule has 0 saturated carbocycles. The van der Waals surface area contributed by atoms with Crippen molar-refractivity contribution in [2.24, 2.45) is 0 Å². The number of nitrogens with one attached hydrogen (secondary N) is 1. The van der Waals surface area contributed by atoms with Crippen LogP contribution < -0.4 is 5.32 Å². The summed E-state index contributed by atoms with van der Waals surface area (Å²) in [6.07, 6.45) is 6.33. The van der Waals surface area contributed by atoms with Gasteiger partial charge in [-0.15, -0.1) is 0 Å². The molecule has 0 spiro atoms. The summed E-state index contributed by atoms with van der Waals surface area (Å²) in [5.74, 6) is 0. The number of nitrogens with zero attached hydrogens (tertiary/aromatic N) is 2. The molecular formula is C17H25N3. The van der Waals surface area contributed by atoms with Gasteiger partial charge in [0.2, 0.25) is 0 Å². The fourth-order valence-corrected chi connectivity index (χ4v) is 2.08. The lowest BCUT2D eigenvalue weighted by atomic mass is 10.1. The van der Waals surface area contributed by atoms with Crippen molar-refractivity contribution in [3.63, 3.8) is 0 Å². The first-order chi connectivity index (χ1) is 9.53. The maximum absolute atomic E-state index is 4.42. The standard InChI is InChI=1S/C17H25N3/c1-17(2,3)18-12-16-13-19-20(14-16)11-7-10-15-8-5-4-6-9-15/h4-6,8-9,13-14,18H,7,10-12H2,1-3H3. The van der Waals surface area contributed by atoms with Gasteiger partial charge < -0.3 is 5.32 Å². The number of rotatable bonds is 6. The molecule has 2 aromatic rings. The van der Waals surface area contributed by atoms with Gasteiger partial charge >= 0.3 is 0 Å². The van der Waals surface area contributed by atoms with Crippen molar-refractivity contribution in [1.82, 2.24) is 15.1 Å². The molecular weight excluding hydrogens is 246 g/mol. The highest BCUT2D eigenvalue weighted by Crippen LogP contribution is 2.06. The largest absolute Gasteiger partial charge is 0.308 e. The van der Waals surface area contributed by atoms with E-state index in [9.17, 15) is 0 Å². The topological polar surface area (TPSA) is 29.9 Å². The van der Waals surface area contributed by atoms with E-state index in [1.807, 2.05) is 10.9 Å². The Bertz CT molecular complexity index is 509. The average molecular weight is 271 g/mol. The van der Waals surface area contributed by atoms with Gasteiger partial charge in [0.05, 0.1) is 6.20 Å². The molecule has 0 radical (unpaired) electrons. The molecule has 3 heteroatoms. The molecule has 20 heavy (non-hydrogen) atoms. The molecule has 2 rings (SSSR count). The molecule has 3 nitrogen and oxygen atoms in total. The first-order valence-corrected chi connectivity index (χ1v) is 7.33. The minimum atomic E-state index is 0.148. The minimum Gasteiger partial charge on any atom is -0.308 e. The predicted octanol–water partition coefficient (Wildman–Crippen LogP) is 3.40. The molecule has 1 N–H and O–H groups in total. The fourth-order valence-electron chi connectivity index (χ4n) is 2.08. The summed E-state index contributed by atoms with van der Waals surface area (Å²) in [4.78, 5) is 0. The van der Waals surface area contributed by atoms with Crippen molar-refractivity contribution in [3.05, 3.63) is 53.9 Å². The Kier molecular flexibility index (Phi) is 4.96. The van der Waals surface area contributed by atoms with Crippen LogP contribution in [-0.2, 0) is 19.5 Å². The minimum absolute atomic E-state index is 0.148. The second-order valence-corrected chi connectivity index (χ2v) is 6.30. The van der Waals surface area contributed by atoms with Gasteiger partial charge in [-0.1, -0.05) is 30.3 Å². The fraction of sp³-hybridized carbons (Fsp3) is 0.471. The van der Waals surface area contributed by atoms with E-state index in [0.717, 1.165) is 25.9 Å². The van der Waals surface area contributed by atoms with Crippen LogP contribution in [0.5, 0.6) is 0 Å². The Hall–Kier alpha value is -1.61. The summed E-state index contributed by atoms with van der Waals surface area (Å²) in [7, 11) is 0. The number of benzene rings is 1. The van der Waals surface area contributed by atoms with Crippen LogP contribution >= 0.6 is 0 Å². The van der Waals surface area contributed by atoms with E-state index < -0.39 is 0 Å². The van der Waals surface area contributed by atoms with E-state index in [1.54, 1.807) is 0 Å². The second kappa shape index (κ2) is 6.71. The van der Waals surface area contributed by atoms with Crippen LogP contribution in [0.25, 0.3) is 0 Å². The molecule has 1 aromatic heterocycles. The molecule has 1 heterocycles. The zero-order valence-corrected chi connectivity index (χ0v) is 12.8. The molecule has 108 valence electrons. The zero-order chi connectivity index (χ0) is 14.4. The number of hydrogen-bond acceptors (Lipinski definition) is 2. The first-order valence-electron chi connectivity index (χ1n) is 7.33. The Morgan fingerprint density at radius 3 is 2.55 bits per heavy atom. The molecule has 1 aromatic carbocycles. The SMILES string of the molecule is CC(C)(C)NCc1cnn(CCCc2ccccc2)c1. The monoisotopic (exact) mass is 271 g/mol. The highest BCUT2D eigenvalue weighted by molar-refractivity contribution is 5.14. The van der Waals surface area contributed by atoms with Gasteiger partial charge in [0.25, 0.3) is 0 Å². The lowest BCUT2D eigenvalue weighted by molar-refractivity contribution is 0.424. The highest BCUT2D eigenvalue weighted by atomic mass is 15.3. The third-order valence-corrected chi connectivity index (χ3v) is 3.21. The summed E-state index contributed by atoms with van der Waals surface area (Å²) in [5.41, 5.74) is 2.80. The van der Waals surface area contributed by atoms with Crippen LogP contribution in [0.1, 0.15) is 38.3 Å². The molecule has 0 saturated heterocycles. The van der Waals surface area contributed by atoms with Crippen LogP contribution in [0.15, 0.2) is 42.7 Å². The van der Waals surface area contributed by atoms with E-state index in [1.165, 1.54) is 11.1 Å². The van der Waals surface area contributed by atoms with Crippen molar-refractivity contribution < 1.29 is 0 Å². The van der Waals surface area contributed by atoms with Crippen LogP contribution in [-0.4, -0.2) is 15.3 Å². The van der Waals surface area contributed by atoms with E-state index in [-0.39, 0.29) is 5.54 Å². The van der Waals surface area contributed by atoms with Crippen molar-refractivity contribution in [2.45, 2.75) is 52.2 Å². The summed E-state index contributed by atoms with van der Waals surface area (Å²) >= 11 is 0. The molecule has 0 fully saturated rings. The summed E-state index contributed by atoms with van der Waals surface area (Å²) < 4.78 is 2.04. The van der Waals surface area contributed by atoms with Gasteiger partial charge in [0.15, 0.2) is 0 Å². The van der Waals surface area contributed by atoms with Gasteiger partial charge in [-0.3, -0.25) is 4.68 Å². The summed E-state index contributed by atoms with van der Waals surface area (Å²) in [6, 6.07) is 10.6. The normalized spacial score (nSPS) is 11.8. The second-order valence-electron chi connectivity index (χ2n) is 6.30. The van der Waals surface area contributed by atoms with Gasteiger partial charge in [0, 0.05) is 30.4 Å². The number of aryl methyl sites for hydroxylation is 2. The first kappa shape index (κ1) is 14.8. The van der Waals surface area contributed by atoms with Crippen LogP contribution in [0.2, 0.25) is 0 Å². The Balaban J connectivity index is 1.75. The third kappa shape index (κ3) is 5.17. The smallest absolute Gasteiger partial charge is 0.0534 e. The summed E-state index contributed by atoms with van der Waals surface area (Å²) in [5, 5.41) is 7.90. The highest BCUT2D eigenvalue weighted by Gasteiger charge is 2.09. The molecule has 0 unspecified atom stereocenters. The van der Waals surface area contributed by atoms with Crippen LogP contribution in [0.4, 0.5) is 0 Å². The molecule has 0 bridgehead atoms. The Morgan fingerprint density at radius 1 is 1.10 bits per heavy atom. The Morgan fingerprint density at radius 2 is 1.85 bits per heavy atom. The van der Waals surface area contributed by atoms with E-state index in [4.69, 9.17) is 0 Å². The summed E-state index contributed by atoms with van der Waals surface area (Å²) in [6.45, 7) is 8.39. The quantitative estimate of drug-likeness (QED) is 0.872. The van der Waals surface area contributed by atoms with Crippen molar-refractivity contribution in [3.8, 4) is 0 Å². The van der Waals surface area contributed by atoms with E-state index in [2.05, 4.69) is 67.7 Å². The van der Waals surface area contributed by atoms with Gasteiger partial charge in [-0.2, -0.15) is 5.10 Å². The Labute approximate surface area is 122 Å². The molecule has 0 aliphatic carbocycles. The molecule has 0 aliphatic heterocycles. The van der Waals surface area contributed by atoms with Gasteiger partial charge in [0.1, 0.15) is 0 Å². The predicted molar refractivity (Wildman–Crippen MR) is 83.6 cm³/mol. The average Bonchev–Trinajstić information content (AvgIpc) is 2.85. The van der Waals surface area contributed by atoms with Crippen LogP contribution in [0, 0.1) is 0 Å². The van der Waals surface area contributed by atoms with Crippen molar-refractivity contribution in [2.75, 3.05) is 0 Å². The third-order valence-electron chi connectivity index (χ3n) is 3.21. The lowest BCUT2D eigenvalue weighted by Gasteiger charge is -2.19. The van der Waals surface area contributed by atoms with Crippen molar-refractivity contribution in [1.29, 1.82) is 0 Å². The van der Waals surface area contributed by atoms with E-state index >= 15 is 0 Å². The lowest BCUT2D eigenvalue weighted by Crippen LogP contribution is -2.34. The van der Waals surface area contributed by atoms with Crippen molar-refractivity contribution >= 4 is 0 Å². The molecule has 0 amide bonds. The number of hydrogen-bond donors (Lipinski definition) is 1. The maximum Gasteiger partial charge on any atom is 0.0534 e. The zero-order valence-electron chi connectivity index (χ0n) is 12.8.